The fraction of sp³-hybridized carbons (Fsp3) is 0.538. The van der Waals surface area contributed by atoms with Crippen LogP contribution in [0.3, 0.4) is 0 Å². The topological polar surface area (TPSA) is 44.5 Å². The van der Waals surface area contributed by atoms with Crippen molar-refractivity contribution in [3.8, 4) is 5.75 Å². The molecule has 0 aliphatic carbocycles. The van der Waals surface area contributed by atoms with Gasteiger partial charge in [-0.15, -0.1) is 0 Å². The van der Waals surface area contributed by atoms with Crippen molar-refractivity contribution in [1.82, 2.24) is 0 Å². The number of hydrogen-bond acceptors (Lipinski definition) is 3. The van der Waals surface area contributed by atoms with Crippen LogP contribution in [-0.4, -0.2) is 18.3 Å². The number of nitrogen functional groups attached to an aromatic ring is 1. The standard InChI is InChI=1S/C13H19NO2/c1-13(2)7-6-12(16-13)9-15-11-5-3-4-10(14)8-11/h3-5,8,12H,6-7,9,14H2,1-2H3. The lowest BCUT2D eigenvalue weighted by atomic mass is 10.1. The van der Waals surface area contributed by atoms with E-state index in [1.165, 1.54) is 0 Å². The first-order valence-corrected chi connectivity index (χ1v) is 5.71. The van der Waals surface area contributed by atoms with Crippen LogP contribution < -0.4 is 10.5 Å². The molecule has 1 fully saturated rings. The Hall–Kier alpha value is -1.22. The van der Waals surface area contributed by atoms with E-state index < -0.39 is 0 Å². The summed E-state index contributed by atoms with van der Waals surface area (Å²) in [4.78, 5) is 0. The number of ether oxygens (including phenoxy) is 2. The predicted molar refractivity (Wildman–Crippen MR) is 64.5 cm³/mol. The highest BCUT2D eigenvalue weighted by Crippen LogP contribution is 2.29. The molecule has 1 atom stereocenters. The van der Waals surface area contributed by atoms with Crippen molar-refractivity contribution in [1.29, 1.82) is 0 Å². The van der Waals surface area contributed by atoms with Gasteiger partial charge in [-0.1, -0.05) is 6.07 Å². The molecule has 1 heterocycles. The van der Waals surface area contributed by atoms with Crippen molar-refractivity contribution in [2.75, 3.05) is 12.3 Å². The van der Waals surface area contributed by atoms with Crippen LogP contribution in [0, 0.1) is 0 Å². The van der Waals surface area contributed by atoms with Crippen molar-refractivity contribution in [3.05, 3.63) is 24.3 Å². The second kappa shape index (κ2) is 4.34. The summed E-state index contributed by atoms with van der Waals surface area (Å²) in [7, 11) is 0. The van der Waals surface area contributed by atoms with Crippen molar-refractivity contribution in [3.63, 3.8) is 0 Å². The Labute approximate surface area is 96.5 Å². The number of rotatable bonds is 3. The maximum Gasteiger partial charge on any atom is 0.121 e. The molecule has 1 aromatic carbocycles. The summed E-state index contributed by atoms with van der Waals surface area (Å²) < 4.78 is 11.5. The molecule has 1 aliphatic heterocycles. The van der Waals surface area contributed by atoms with Crippen LogP contribution in [0.1, 0.15) is 26.7 Å². The molecule has 2 N–H and O–H groups in total. The zero-order chi connectivity index (χ0) is 11.6. The summed E-state index contributed by atoms with van der Waals surface area (Å²) >= 11 is 0. The summed E-state index contributed by atoms with van der Waals surface area (Å²) in [5.74, 6) is 0.813. The zero-order valence-electron chi connectivity index (χ0n) is 9.90. The molecule has 88 valence electrons. The summed E-state index contributed by atoms with van der Waals surface area (Å²) in [5.41, 5.74) is 6.40. The molecule has 1 aliphatic rings. The first-order valence-electron chi connectivity index (χ1n) is 5.71. The average molecular weight is 221 g/mol. The second-order valence-electron chi connectivity index (χ2n) is 4.92. The highest BCUT2D eigenvalue weighted by Gasteiger charge is 2.31. The molecule has 1 aromatic rings. The summed E-state index contributed by atoms with van der Waals surface area (Å²) in [6.07, 6.45) is 2.37. The molecule has 2 rings (SSSR count). The van der Waals surface area contributed by atoms with Gasteiger partial charge in [0.15, 0.2) is 0 Å². The Morgan fingerprint density at radius 2 is 2.31 bits per heavy atom. The van der Waals surface area contributed by atoms with Gasteiger partial charge >= 0.3 is 0 Å². The second-order valence-corrected chi connectivity index (χ2v) is 4.92. The van der Waals surface area contributed by atoms with Crippen molar-refractivity contribution in [2.45, 2.75) is 38.4 Å². The minimum atomic E-state index is 0.00371. The van der Waals surface area contributed by atoms with Gasteiger partial charge in [0.1, 0.15) is 12.4 Å². The Bertz CT molecular complexity index is 363. The Morgan fingerprint density at radius 3 is 2.94 bits per heavy atom. The number of nitrogens with two attached hydrogens (primary N) is 1. The van der Waals surface area contributed by atoms with Crippen molar-refractivity contribution < 1.29 is 9.47 Å². The quantitative estimate of drug-likeness (QED) is 0.798. The van der Waals surface area contributed by atoms with Crippen LogP contribution in [0.2, 0.25) is 0 Å². The van der Waals surface area contributed by atoms with E-state index in [0.29, 0.717) is 6.61 Å². The van der Waals surface area contributed by atoms with E-state index >= 15 is 0 Å². The zero-order valence-corrected chi connectivity index (χ0v) is 9.90. The molecular weight excluding hydrogens is 202 g/mol. The molecule has 16 heavy (non-hydrogen) atoms. The van der Waals surface area contributed by atoms with Gasteiger partial charge in [0.05, 0.1) is 11.7 Å². The fourth-order valence-corrected chi connectivity index (χ4v) is 1.99. The normalized spacial score (nSPS) is 23.2. The van der Waals surface area contributed by atoms with Gasteiger partial charge < -0.3 is 15.2 Å². The minimum Gasteiger partial charge on any atom is -0.491 e. The van der Waals surface area contributed by atoms with Crippen LogP contribution in [0.5, 0.6) is 5.75 Å². The molecule has 0 amide bonds. The first-order chi connectivity index (χ1) is 7.55. The Kier molecular flexibility index (Phi) is 3.06. The smallest absolute Gasteiger partial charge is 0.121 e. The first kappa shape index (κ1) is 11.3. The predicted octanol–water partition coefficient (Wildman–Crippen LogP) is 2.61. The molecular formula is C13H19NO2. The number of anilines is 1. The fourth-order valence-electron chi connectivity index (χ4n) is 1.99. The molecule has 1 saturated heterocycles. The molecule has 3 nitrogen and oxygen atoms in total. The van der Waals surface area contributed by atoms with Gasteiger partial charge in [-0.2, -0.15) is 0 Å². The Morgan fingerprint density at radius 1 is 1.50 bits per heavy atom. The van der Waals surface area contributed by atoms with Gasteiger partial charge in [-0.3, -0.25) is 0 Å². The van der Waals surface area contributed by atoms with E-state index in [9.17, 15) is 0 Å². The summed E-state index contributed by atoms with van der Waals surface area (Å²) in [6, 6.07) is 7.49. The van der Waals surface area contributed by atoms with E-state index in [2.05, 4.69) is 13.8 Å². The summed E-state index contributed by atoms with van der Waals surface area (Å²) in [6.45, 7) is 4.84. The summed E-state index contributed by atoms with van der Waals surface area (Å²) in [5, 5.41) is 0. The lowest BCUT2D eigenvalue weighted by Crippen LogP contribution is -2.23. The highest BCUT2D eigenvalue weighted by molar-refractivity contribution is 5.43. The lowest BCUT2D eigenvalue weighted by molar-refractivity contribution is -0.0326. The van der Waals surface area contributed by atoms with Gasteiger partial charge in [0, 0.05) is 11.8 Å². The van der Waals surface area contributed by atoms with E-state index in [4.69, 9.17) is 15.2 Å². The van der Waals surface area contributed by atoms with Crippen LogP contribution in [0.15, 0.2) is 24.3 Å². The van der Waals surface area contributed by atoms with Gasteiger partial charge in [-0.25, -0.2) is 0 Å². The third-order valence-corrected chi connectivity index (χ3v) is 2.85. The van der Waals surface area contributed by atoms with Crippen molar-refractivity contribution >= 4 is 5.69 Å². The largest absolute Gasteiger partial charge is 0.491 e. The molecule has 0 bridgehead atoms. The highest BCUT2D eigenvalue weighted by atomic mass is 16.6. The van der Waals surface area contributed by atoms with Crippen LogP contribution in [-0.2, 0) is 4.74 Å². The van der Waals surface area contributed by atoms with E-state index in [-0.39, 0.29) is 11.7 Å². The number of hydrogen-bond donors (Lipinski definition) is 1. The van der Waals surface area contributed by atoms with E-state index in [0.717, 1.165) is 24.3 Å². The maximum atomic E-state index is 5.84. The van der Waals surface area contributed by atoms with Crippen LogP contribution in [0.25, 0.3) is 0 Å². The SMILES string of the molecule is CC1(C)CCC(COc2cccc(N)c2)O1. The maximum absolute atomic E-state index is 5.84. The third-order valence-electron chi connectivity index (χ3n) is 2.85. The van der Waals surface area contributed by atoms with E-state index in [1.54, 1.807) is 0 Å². The van der Waals surface area contributed by atoms with Gasteiger partial charge in [-0.05, 0) is 38.8 Å². The van der Waals surface area contributed by atoms with Crippen LogP contribution >= 0.6 is 0 Å². The molecule has 1 unspecified atom stereocenters. The molecule has 0 aromatic heterocycles. The molecule has 0 radical (unpaired) electrons. The lowest BCUT2D eigenvalue weighted by Gasteiger charge is -2.19. The van der Waals surface area contributed by atoms with E-state index in [1.807, 2.05) is 24.3 Å². The number of benzene rings is 1. The Balaban J connectivity index is 1.84. The third kappa shape index (κ3) is 2.89. The molecule has 0 saturated carbocycles. The average Bonchev–Trinajstić information content (AvgIpc) is 2.56. The minimum absolute atomic E-state index is 0.00371. The van der Waals surface area contributed by atoms with Gasteiger partial charge in [0.2, 0.25) is 0 Å². The van der Waals surface area contributed by atoms with Crippen LogP contribution in [0.4, 0.5) is 5.69 Å². The molecule has 0 spiro atoms. The van der Waals surface area contributed by atoms with Crippen molar-refractivity contribution in [2.24, 2.45) is 0 Å². The molecule has 3 heteroatoms. The van der Waals surface area contributed by atoms with Gasteiger partial charge in [0.25, 0.3) is 0 Å². The monoisotopic (exact) mass is 221 g/mol.